The average Bonchev–Trinajstić information content (AvgIpc) is 2.63. The molecule has 0 radical (unpaired) electrons. The summed E-state index contributed by atoms with van der Waals surface area (Å²) in [5, 5.41) is 17.3. The maximum absolute atomic E-state index is 10.7. The molecule has 7 heteroatoms. The molecule has 25 heavy (non-hydrogen) atoms. The monoisotopic (exact) mass is 347 g/mol. The minimum Gasteiger partial charge on any atom is -0.355 e. The maximum atomic E-state index is 10.7. The Morgan fingerprint density at radius 2 is 1.84 bits per heavy atom. The van der Waals surface area contributed by atoms with Gasteiger partial charge in [-0.3, -0.25) is 20.0 Å². The van der Waals surface area contributed by atoms with Crippen molar-refractivity contribution in [2.24, 2.45) is 4.99 Å². The predicted molar refractivity (Wildman–Crippen MR) is 101 cm³/mol. The third-order valence-corrected chi connectivity index (χ3v) is 4.73. The molecule has 0 aliphatic carbocycles. The Balaban J connectivity index is 1.82. The van der Waals surface area contributed by atoms with Gasteiger partial charge in [-0.25, -0.2) is 0 Å². The first kappa shape index (κ1) is 19.2. The van der Waals surface area contributed by atoms with Crippen LogP contribution in [0.2, 0.25) is 0 Å². The Morgan fingerprint density at radius 1 is 1.20 bits per heavy atom. The molecule has 2 N–H and O–H groups in total. The van der Waals surface area contributed by atoms with Crippen LogP contribution in [0.3, 0.4) is 0 Å². The number of nitrogens with one attached hydrogen (secondary N) is 2. The molecular formula is C18H29N5O2. The summed E-state index contributed by atoms with van der Waals surface area (Å²) >= 11 is 0. The van der Waals surface area contributed by atoms with Crippen LogP contribution >= 0.6 is 0 Å². The zero-order valence-electron chi connectivity index (χ0n) is 15.4. The topological polar surface area (TPSA) is 82.8 Å². The Bertz CT molecular complexity index is 592. The van der Waals surface area contributed by atoms with Crippen LogP contribution in [0.5, 0.6) is 0 Å². The van der Waals surface area contributed by atoms with Gasteiger partial charge in [0.25, 0.3) is 5.69 Å². The van der Waals surface area contributed by atoms with Gasteiger partial charge in [0.1, 0.15) is 0 Å². The number of guanidine groups is 1. The summed E-state index contributed by atoms with van der Waals surface area (Å²) in [6, 6.07) is 6.56. The number of rotatable bonds is 6. The molecule has 1 heterocycles. The van der Waals surface area contributed by atoms with E-state index in [2.05, 4.69) is 34.4 Å². The lowest BCUT2D eigenvalue weighted by molar-refractivity contribution is -0.384. The number of piperidine rings is 1. The third-order valence-electron chi connectivity index (χ3n) is 4.73. The number of nitro groups is 1. The van der Waals surface area contributed by atoms with Crippen molar-refractivity contribution in [2.75, 3.05) is 26.7 Å². The molecule has 0 saturated carbocycles. The first-order chi connectivity index (χ1) is 11.9. The van der Waals surface area contributed by atoms with Crippen LogP contribution in [-0.4, -0.2) is 48.0 Å². The van der Waals surface area contributed by atoms with Crippen LogP contribution in [0.4, 0.5) is 5.69 Å². The summed E-state index contributed by atoms with van der Waals surface area (Å²) < 4.78 is 0. The molecule has 2 rings (SSSR count). The largest absolute Gasteiger partial charge is 0.355 e. The zero-order chi connectivity index (χ0) is 18.3. The van der Waals surface area contributed by atoms with Gasteiger partial charge in [0.15, 0.2) is 5.96 Å². The van der Waals surface area contributed by atoms with E-state index < -0.39 is 0 Å². The van der Waals surface area contributed by atoms with Crippen molar-refractivity contribution in [3.63, 3.8) is 0 Å². The Hall–Kier alpha value is -2.15. The van der Waals surface area contributed by atoms with Gasteiger partial charge in [-0.2, -0.15) is 0 Å². The number of benzene rings is 1. The summed E-state index contributed by atoms with van der Waals surface area (Å²) in [5.74, 6) is 0.739. The number of nitro benzene ring substituents is 1. The van der Waals surface area contributed by atoms with Gasteiger partial charge in [-0.1, -0.05) is 18.6 Å². The maximum Gasteiger partial charge on any atom is 0.269 e. The number of aliphatic imine (C=N–C) groups is 1. The van der Waals surface area contributed by atoms with Crippen LogP contribution in [-0.2, 0) is 6.54 Å². The SMILES string of the molecule is CN=C(NCc1ccc([N+](=O)[O-])cc1)NCC(C)(C)N1CCCCC1. The Morgan fingerprint density at radius 3 is 2.40 bits per heavy atom. The summed E-state index contributed by atoms with van der Waals surface area (Å²) in [5.41, 5.74) is 1.16. The molecule has 1 aromatic rings. The van der Waals surface area contributed by atoms with Crippen molar-refractivity contribution in [3.8, 4) is 0 Å². The number of likely N-dealkylation sites (tertiary alicyclic amines) is 1. The number of non-ortho nitro benzene ring substituents is 1. The van der Waals surface area contributed by atoms with E-state index in [1.807, 2.05) is 0 Å². The van der Waals surface area contributed by atoms with Crippen LogP contribution in [0.15, 0.2) is 29.3 Å². The van der Waals surface area contributed by atoms with E-state index in [1.54, 1.807) is 19.2 Å². The van der Waals surface area contributed by atoms with Crippen LogP contribution in [0.25, 0.3) is 0 Å². The molecule has 1 fully saturated rings. The minimum absolute atomic E-state index is 0.0748. The van der Waals surface area contributed by atoms with E-state index in [-0.39, 0.29) is 16.1 Å². The summed E-state index contributed by atoms with van der Waals surface area (Å²) in [4.78, 5) is 17.1. The normalized spacial score (nSPS) is 16.5. The fourth-order valence-electron chi connectivity index (χ4n) is 3.05. The van der Waals surface area contributed by atoms with Gasteiger partial charge in [-0.15, -0.1) is 0 Å². The van der Waals surface area contributed by atoms with Gasteiger partial charge in [0.05, 0.1) is 4.92 Å². The minimum atomic E-state index is -0.389. The molecule has 7 nitrogen and oxygen atoms in total. The molecule has 0 aromatic heterocycles. The van der Waals surface area contributed by atoms with Gasteiger partial charge in [0, 0.05) is 37.8 Å². The molecule has 1 aromatic carbocycles. The molecule has 1 aliphatic heterocycles. The molecule has 0 spiro atoms. The van der Waals surface area contributed by atoms with Crippen molar-refractivity contribution in [2.45, 2.75) is 45.2 Å². The van der Waals surface area contributed by atoms with Gasteiger partial charge < -0.3 is 10.6 Å². The van der Waals surface area contributed by atoms with E-state index in [9.17, 15) is 10.1 Å². The third kappa shape index (κ3) is 5.70. The molecule has 138 valence electrons. The van der Waals surface area contributed by atoms with Crippen molar-refractivity contribution in [1.82, 2.24) is 15.5 Å². The van der Waals surface area contributed by atoms with Crippen molar-refractivity contribution >= 4 is 11.6 Å². The van der Waals surface area contributed by atoms with Crippen molar-refractivity contribution in [1.29, 1.82) is 0 Å². The molecule has 0 atom stereocenters. The van der Waals surface area contributed by atoms with E-state index in [4.69, 9.17) is 0 Å². The summed E-state index contributed by atoms with van der Waals surface area (Å²) in [6.07, 6.45) is 3.88. The molecule has 0 amide bonds. The summed E-state index contributed by atoms with van der Waals surface area (Å²) in [7, 11) is 1.75. The molecule has 1 aliphatic rings. The van der Waals surface area contributed by atoms with E-state index >= 15 is 0 Å². The number of hydrogen-bond donors (Lipinski definition) is 2. The number of hydrogen-bond acceptors (Lipinski definition) is 4. The van der Waals surface area contributed by atoms with Crippen molar-refractivity contribution in [3.05, 3.63) is 39.9 Å². The smallest absolute Gasteiger partial charge is 0.269 e. The second kappa shape index (κ2) is 8.80. The lowest BCUT2D eigenvalue weighted by Crippen LogP contribution is -2.54. The average molecular weight is 347 g/mol. The van der Waals surface area contributed by atoms with Gasteiger partial charge in [-0.05, 0) is 45.3 Å². The second-order valence-electron chi connectivity index (χ2n) is 7.06. The van der Waals surface area contributed by atoms with E-state index in [1.165, 1.54) is 31.4 Å². The van der Waals surface area contributed by atoms with Crippen LogP contribution in [0.1, 0.15) is 38.7 Å². The Labute approximate surface area is 149 Å². The Kier molecular flexibility index (Phi) is 6.75. The molecule has 0 bridgehead atoms. The fraction of sp³-hybridized carbons (Fsp3) is 0.611. The molecule has 0 unspecified atom stereocenters. The highest BCUT2D eigenvalue weighted by Gasteiger charge is 2.27. The van der Waals surface area contributed by atoms with Gasteiger partial charge >= 0.3 is 0 Å². The number of nitrogens with zero attached hydrogens (tertiary/aromatic N) is 3. The molecular weight excluding hydrogens is 318 g/mol. The predicted octanol–water partition coefficient (Wildman–Crippen LogP) is 2.52. The van der Waals surface area contributed by atoms with E-state index in [0.717, 1.165) is 31.2 Å². The standard InChI is InChI=1S/C18H29N5O2/c1-18(2,22-11-5-4-6-12-22)14-21-17(19-3)20-13-15-7-9-16(10-8-15)23(24)25/h7-10H,4-6,11-14H2,1-3H3,(H2,19,20,21). The highest BCUT2D eigenvalue weighted by Crippen LogP contribution is 2.19. The van der Waals surface area contributed by atoms with Crippen LogP contribution < -0.4 is 10.6 Å². The molecule has 1 saturated heterocycles. The highest BCUT2D eigenvalue weighted by molar-refractivity contribution is 5.79. The fourth-order valence-corrected chi connectivity index (χ4v) is 3.05. The first-order valence-corrected chi connectivity index (χ1v) is 8.85. The van der Waals surface area contributed by atoms with Crippen LogP contribution in [0, 0.1) is 10.1 Å². The van der Waals surface area contributed by atoms with E-state index in [0.29, 0.717) is 6.54 Å². The first-order valence-electron chi connectivity index (χ1n) is 8.85. The van der Waals surface area contributed by atoms with Crippen molar-refractivity contribution < 1.29 is 4.92 Å². The summed E-state index contributed by atoms with van der Waals surface area (Å²) in [6.45, 7) is 8.21. The second-order valence-corrected chi connectivity index (χ2v) is 7.06. The quantitative estimate of drug-likeness (QED) is 0.358. The lowest BCUT2D eigenvalue weighted by atomic mass is 9.98. The lowest BCUT2D eigenvalue weighted by Gasteiger charge is -2.41. The zero-order valence-corrected chi connectivity index (χ0v) is 15.4. The van der Waals surface area contributed by atoms with Gasteiger partial charge in [0.2, 0.25) is 0 Å². The highest BCUT2D eigenvalue weighted by atomic mass is 16.6.